The molecule has 5 heteroatoms. The molecule has 0 aromatic heterocycles. The van der Waals surface area contributed by atoms with E-state index in [4.69, 9.17) is 0 Å². The minimum atomic E-state index is -0.693. The molecule has 2 bridgehead atoms. The zero-order valence-corrected chi connectivity index (χ0v) is 12.6. The number of fused-ring (bicyclic) bond motifs is 2. The van der Waals surface area contributed by atoms with Crippen molar-refractivity contribution in [2.45, 2.75) is 62.2 Å². The molecule has 3 aliphatic rings. The molecule has 1 saturated carbocycles. The predicted molar refractivity (Wildman–Crippen MR) is 77.8 cm³/mol. The number of carboxylic acids is 1. The van der Waals surface area contributed by atoms with Crippen LogP contribution in [-0.2, 0) is 4.79 Å². The van der Waals surface area contributed by atoms with Gasteiger partial charge in [-0.25, -0.2) is 0 Å². The molecule has 2 heterocycles. The van der Waals surface area contributed by atoms with Crippen LogP contribution in [-0.4, -0.2) is 71.7 Å². The van der Waals surface area contributed by atoms with Gasteiger partial charge in [0.2, 0.25) is 0 Å². The number of carbonyl (C=O) groups is 1. The Morgan fingerprint density at radius 1 is 1.20 bits per heavy atom. The molecule has 0 amide bonds. The van der Waals surface area contributed by atoms with Gasteiger partial charge in [-0.3, -0.25) is 14.6 Å². The quantitative estimate of drug-likeness (QED) is 0.799. The molecular weight excluding hydrogens is 254 g/mol. The summed E-state index contributed by atoms with van der Waals surface area (Å²) in [6.07, 6.45) is 6.40. The van der Waals surface area contributed by atoms with E-state index < -0.39 is 11.5 Å². The summed E-state index contributed by atoms with van der Waals surface area (Å²) < 4.78 is 0. The highest BCUT2D eigenvalue weighted by Crippen LogP contribution is 2.36. The van der Waals surface area contributed by atoms with Crippen molar-refractivity contribution in [2.75, 3.05) is 27.2 Å². The third-order valence-corrected chi connectivity index (χ3v) is 6.07. The number of hydrogen-bond acceptors (Lipinski definition) is 4. The lowest BCUT2D eigenvalue weighted by atomic mass is 9.97. The van der Waals surface area contributed by atoms with Crippen molar-refractivity contribution in [3.8, 4) is 0 Å². The number of nitrogens with one attached hydrogen (secondary N) is 1. The SMILES string of the molecule is CNC1(C(=O)O)CCC(N2CCC3CCC(C2)N3C)C1. The van der Waals surface area contributed by atoms with Gasteiger partial charge in [-0.1, -0.05) is 0 Å². The Hall–Kier alpha value is -0.650. The zero-order chi connectivity index (χ0) is 14.3. The van der Waals surface area contributed by atoms with E-state index in [0.29, 0.717) is 12.1 Å². The van der Waals surface area contributed by atoms with Crippen LogP contribution in [0, 0.1) is 0 Å². The summed E-state index contributed by atoms with van der Waals surface area (Å²) in [5.41, 5.74) is -0.693. The molecule has 3 rings (SSSR count). The van der Waals surface area contributed by atoms with Gasteiger partial charge in [0.15, 0.2) is 0 Å². The van der Waals surface area contributed by atoms with Gasteiger partial charge >= 0.3 is 5.97 Å². The summed E-state index contributed by atoms with van der Waals surface area (Å²) >= 11 is 0. The average molecular weight is 281 g/mol. The number of likely N-dealkylation sites (tertiary alicyclic amines) is 1. The van der Waals surface area contributed by atoms with E-state index >= 15 is 0 Å². The second-order valence-corrected chi connectivity index (χ2v) is 6.87. The fourth-order valence-electron chi connectivity index (χ4n) is 4.53. The third-order valence-electron chi connectivity index (χ3n) is 6.07. The largest absolute Gasteiger partial charge is 0.480 e. The molecule has 0 aromatic rings. The van der Waals surface area contributed by atoms with E-state index in [1.807, 2.05) is 0 Å². The van der Waals surface area contributed by atoms with E-state index in [2.05, 4.69) is 22.2 Å². The fraction of sp³-hybridized carbons (Fsp3) is 0.933. The van der Waals surface area contributed by atoms with Crippen molar-refractivity contribution in [3.63, 3.8) is 0 Å². The molecule has 4 unspecified atom stereocenters. The lowest BCUT2D eigenvalue weighted by molar-refractivity contribution is -0.144. The van der Waals surface area contributed by atoms with E-state index in [9.17, 15) is 9.90 Å². The maximum atomic E-state index is 11.5. The number of hydrogen-bond donors (Lipinski definition) is 2. The van der Waals surface area contributed by atoms with Crippen LogP contribution in [0.15, 0.2) is 0 Å². The first kappa shape index (κ1) is 14.3. The number of aliphatic carboxylic acids is 1. The van der Waals surface area contributed by atoms with Gasteiger partial charge in [0.05, 0.1) is 0 Å². The summed E-state index contributed by atoms with van der Waals surface area (Å²) in [6, 6.07) is 1.86. The van der Waals surface area contributed by atoms with E-state index in [0.717, 1.165) is 38.4 Å². The van der Waals surface area contributed by atoms with Crippen molar-refractivity contribution >= 4 is 5.97 Å². The first-order valence-corrected chi connectivity index (χ1v) is 7.94. The summed E-state index contributed by atoms with van der Waals surface area (Å²) in [6.45, 7) is 2.26. The summed E-state index contributed by atoms with van der Waals surface area (Å²) in [5, 5.41) is 12.6. The van der Waals surface area contributed by atoms with E-state index in [-0.39, 0.29) is 0 Å². The summed E-state index contributed by atoms with van der Waals surface area (Å²) in [4.78, 5) is 16.7. The standard InChI is InChI=1S/C15H27N3O2/c1-16-15(14(19)20)7-5-12(9-15)18-8-6-11-3-4-13(10-18)17(11)2/h11-13,16H,3-10H2,1-2H3,(H,19,20). The predicted octanol–water partition coefficient (Wildman–Crippen LogP) is 0.750. The normalized spacial score (nSPS) is 42.8. The van der Waals surface area contributed by atoms with Crippen LogP contribution in [0.3, 0.4) is 0 Å². The highest BCUT2D eigenvalue weighted by Gasteiger charge is 2.47. The Bertz CT molecular complexity index is 389. The van der Waals surface area contributed by atoms with Crippen molar-refractivity contribution in [2.24, 2.45) is 0 Å². The first-order chi connectivity index (χ1) is 9.55. The van der Waals surface area contributed by atoms with Crippen molar-refractivity contribution in [1.29, 1.82) is 0 Å². The number of nitrogens with zero attached hydrogens (tertiary/aromatic N) is 2. The van der Waals surface area contributed by atoms with Crippen LogP contribution in [0.1, 0.15) is 38.5 Å². The molecule has 114 valence electrons. The number of rotatable bonds is 3. The summed E-state index contributed by atoms with van der Waals surface area (Å²) in [7, 11) is 4.05. The van der Waals surface area contributed by atoms with Gasteiger partial charge in [-0.2, -0.15) is 0 Å². The van der Waals surface area contributed by atoms with Gasteiger partial charge < -0.3 is 10.4 Å². The number of likely N-dealkylation sites (N-methyl/N-ethyl adjacent to an activating group) is 2. The van der Waals surface area contributed by atoms with Crippen LogP contribution in [0.25, 0.3) is 0 Å². The second kappa shape index (κ2) is 5.28. The van der Waals surface area contributed by atoms with Gasteiger partial charge in [-0.05, 0) is 59.2 Å². The second-order valence-electron chi connectivity index (χ2n) is 6.87. The van der Waals surface area contributed by atoms with Crippen molar-refractivity contribution < 1.29 is 9.90 Å². The molecule has 0 spiro atoms. The van der Waals surface area contributed by atoms with E-state index in [1.165, 1.54) is 19.3 Å². The minimum absolute atomic E-state index is 0.436. The molecule has 3 fully saturated rings. The summed E-state index contributed by atoms with van der Waals surface area (Å²) in [5.74, 6) is -0.684. The monoisotopic (exact) mass is 281 g/mol. The van der Waals surface area contributed by atoms with Gasteiger partial charge in [0.1, 0.15) is 5.54 Å². The highest BCUT2D eigenvalue weighted by molar-refractivity contribution is 5.79. The van der Waals surface area contributed by atoms with Crippen LogP contribution in [0.2, 0.25) is 0 Å². The first-order valence-electron chi connectivity index (χ1n) is 7.94. The maximum Gasteiger partial charge on any atom is 0.323 e. The molecule has 1 aliphatic carbocycles. The molecule has 5 nitrogen and oxygen atoms in total. The highest BCUT2D eigenvalue weighted by atomic mass is 16.4. The van der Waals surface area contributed by atoms with Gasteiger partial charge in [0, 0.05) is 24.7 Å². The van der Waals surface area contributed by atoms with Crippen LogP contribution in [0.5, 0.6) is 0 Å². The Labute approximate surface area is 121 Å². The molecule has 2 aliphatic heterocycles. The molecular formula is C15H27N3O2. The lowest BCUT2D eigenvalue weighted by Crippen LogP contribution is -2.50. The third kappa shape index (κ3) is 2.26. The smallest absolute Gasteiger partial charge is 0.323 e. The molecule has 0 aromatic carbocycles. The van der Waals surface area contributed by atoms with Gasteiger partial charge in [-0.15, -0.1) is 0 Å². The molecule has 2 saturated heterocycles. The Morgan fingerprint density at radius 2 is 1.95 bits per heavy atom. The van der Waals surface area contributed by atoms with Crippen molar-refractivity contribution in [3.05, 3.63) is 0 Å². The van der Waals surface area contributed by atoms with Crippen molar-refractivity contribution in [1.82, 2.24) is 15.1 Å². The Balaban J connectivity index is 1.68. The number of carboxylic acid groups (broad SMARTS) is 1. The fourth-order valence-corrected chi connectivity index (χ4v) is 4.53. The molecule has 20 heavy (non-hydrogen) atoms. The maximum absolute atomic E-state index is 11.5. The molecule has 4 atom stereocenters. The average Bonchev–Trinajstić information content (AvgIpc) is 2.94. The Morgan fingerprint density at radius 3 is 2.60 bits per heavy atom. The van der Waals surface area contributed by atoms with Gasteiger partial charge in [0.25, 0.3) is 0 Å². The van der Waals surface area contributed by atoms with Crippen LogP contribution < -0.4 is 5.32 Å². The lowest BCUT2D eigenvalue weighted by Gasteiger charge is -2.32. The topological polar surface area (TPSA) is 55.8 Å². The van der Waals surface area contributed by atoms with Crippen LogP contribution >= 0.6 is 0 Å². The molecule has 0 radical (unpaired) electrons. The van der Waals surface area contributed by atoms with E-state index in [1.54, 1.807) is 7.05 Å². The minimum Gasteiger partial charge on any atom is -0.480 e. The Kier molecular flexibility index (Phi) is 3.77. The zero-order valence-electron chi connectivity index (χ0n) is 12.6. The molecule has 2 N–H and O–H groups in total. The van der Waals surface area contributed by atoms with Crippen LogP contribution in [0.4, 0.5) is 0 Å².